The van der Waals surface area contributed by atoms with Gasteiger partial charge in [-0.05, 0) is 36.8 Å². The average molecular weight is 343 g/mol. The Morgan fingerprint density at radius 2 is 1.96 bits per heavy atom. The first-order valence-electron chi connectivity index (χ1n) is 7.38. The van der Waals surface area contributed by atoms with Gasteiger partial charge >= 0.3 is 5.97 Å². The predicted molar refractivity (Wildman–Crippen MR) is 92.7 cm³/mol. The number of carbonyl (C=O) groups is 2. The second-order valence-corrected chi connectivity index (χ2v) is 5.25. The third-order valence-corrected chi connectivity index (χ3v) is 3.36. The minimum atomic E-state index is -0.546. The highest BCUT2D eigenvalue weighted by molar-refractivity contribution is 5.96. The molecule has 0 fully saturated rings. The second kappa shape index (κ2) is 7.91. The number of aryl methyl sites for hydroxylation is 1. The van der Waals surface area contributed by atoms with Crippen molar-refractivity contribution in [3.8, 4) is 0 Å². The van der Waals surface area contributed by atoms with Gasteiger partial charge in [-0.25, -0.2) is 4.79 Å². The number of nitrogens with one attached hydrogen (secondary N) is 2. The van der Waals surface area contributed by atoms with Gasteiger partial charge in [-0.2, -0.15) is 0 Å². The summed E-state index contributed by atoms with van der Waals surface area (Å²) >= 11 is 0. The third-order valence-electron chi connectivity index (χ3n) is 3.36. The molecular formula is C17H17N3O5. The van der Waals surface area contributed by atoms with E-state index >= 15 is 0 Å². The van der Waals surface area contributed by atoms with Gasteiger partial charge in [-0.3, -0.25) is 14.9 Å². The summed E-state index contributed by atoms with van der Waals surface area (Å²) in [6, 6.07) is 11.0. The molecule has 0 bridgehead atoms. The number of carbonyl (C=O) groups excluding carboxylic acids is 2. The number of amides is 1. The number of hydrogen-bond donors (Lipinski definition) is 2. The Morgan fingerprint density at radius 1 is 1.20 bits per heavy atom. The lowest BCUT2D eigenvalue weighted by Crippen LogP contribution is -2.22. The summed E-state index contributed by atoms with van der Waals surface area (Å²) in [5.74, 6) is -0.932. The molecule has 0 spiro atoms. The van der Waals surface area contributed by atoms with Crippen LogP contribution in [0.2, 0.25) is 0 Å². The van der Waals surface area contributed by atoms with Crippen LogP contribution in [0.3, 0.4) is 0 Å². The van der Waals surface area contributed by atoms with Crippen LogP contribution < -0.4 is 10.6 Å². The van der Waals surface area contributed by atoms with Gasteiger partial charge in [0.05, 0.1) is 24.1 Å². The number of esters is 1. The van der Waals surface area contributed by atoms with E-state index in [2.05, 4.69) is 15.4 Å². The lowest BCUT2D eigenvalue weighted by atomic mass is 10.2. The Kier molecular flexibility index (Phi) is 5.67. The molecular weight excluding hydrogens is 326 g/mol. The van der Waals surface area contributed by atoms with E-state index in [1.54, 1.807) is 37.3 Å². The summed E-state index contributed by atoms with van der Waals surface area (Å²) in [5.41, 5.74) is 1.59. The van der Waals surface area contributed by atoms with Crippen LogP contribution in [0.5, 0.6) is 0 Å². The molecule has 0 unspecified atom stereocenters. The molecule has 2 N–H and O–H groups in total. The maximum Gasteiger partial charge on any atom is 0.337 e. The van der Waals surface area contributed by atoms with Gasteiger partial charge < -0.3 is 15.4 Å². The van der Waals surface area contributed by atoms with E-state index in [1.165, 1.54) is 19.2 Å². The van der Waals surface area contributed by atoms with Gasteiger partial charge in [0.1, 0.15) is 5.69 Å². The minimum absolute atomic E-state index is 0.115. The average Bonchev–Trinajstić information content (AvgIpc) is 2.60. The molecule has 1 amide bonds. The van der Waals surface area contributed by atoms with Crippen molar-refractivity contribution >= 4 is 28.9 Å². The number of anilines is 2. The van der Waals surface area contributed by atoms with E-state index in [0.29, 0.717) is 11.3 Å². The van der Waals surface area contributed by atoms with Crippen molar-refractivity contribution in [2.75, 3.05) is 24.3 Å². The number of benzene rings is 2. The normalized spacial score (nSPS) is 10.0. The number of hydrogen-bond acceptors (Lipinski definition) is 6. The minimum Gasteiger partial charge on any atom is -0.465 e. The summed E-state index contributed by atoms with van der Waals surface area (Å²) < 4.78 is 4.63. The smallest absolute Gasteiger partial charge is 0.337 e. The maximum absolute atomic E-state index is 12.0. The van der Waals surface area contributed by atoms with Crippen LogP contribution in [0.1, 0.15) is 15.9 Å². The van der Waals surface area contributed by atoms with Gasteiger partial charge in [-0.15, -0.1) is 0 Å². The van der Waals surface area contributed by atoms with Crippen LogP contribution in [-0.2, 0) is 9.53 Å². The van der Waals surface area contributed by atoms with Gasteiger partial charge in [0.25, 0.3) is 5.69 Å². The fourth-order valence-corrected chi connectivity index (χ4v) is 2.15. The first-order valence-corrected chi connectivity index (χ1v) is 7.38. The highest BCUT2D eigenvalue weighted by atomic mass is 16.6. The van der Waals surface area contributed by atoms with Crippen molar-refractivity contribution in [3.05, 3.63) is 63.7 Å². The van der Waals surface area contributed by atoms with E-state index in [4.69, 9.17) is 0 Å². The van der Waals surface area contributed by atoms with Crippen molar-refractivity contribution in [1.29, 1.82) is 0 Å². The molecule has 0 heterocycles. The Bertz CT molecular complexity index is 820. The van der Waals surface area contributed by atoms with Crippen LogP contribution in [0, 0.1) is 17.0 Å². The largest absolute Gasteiger partial charge is 0.465 e. The second-order valence-electron chi connectivity index (χ2n) is 5.25. The summed E-state index contributed by atoms with van der Waals surface area (Å²) in [4.78, 5) is 34.0. The van der Waals surface area contributed by atoms with Crippen LogP contribution in [0.4, 0.5) is 17.1 Å². The highest BCUT2D eigenvalue weighted by Gasteiger charge is 2.16. The monoisotopic (exact) mass is 343 g/mol. The number of methoxy groups -OCH3 is 1. The first-order chi connectivity index (χ1) is 11.9. The summed E-state index contributed by atoms with van der Waals surface area (Å²) in [7, 11) is 1.28. The van der Waals surface area contributed by atoms with Crippen molar-refractivity contribution in [2.24, 2.45) is 0 Å². The molecule has 0 aliphatic rings. The van der Waals surface area contributed by atoms with E-state index < -0.39 is 16.8 Å². The Labute approximate surface area is 144 Å². The molecule has 0 aliphatic heterocycles. The molecule has 0 saturated heterocycles. The topological polar surface area (TPSA) is 111 Å². The summed E-state index contributed by atoms with van der Waals surface area (Å²) in [6.07, 6.45) is 0. The predicted octanol–water partition coefficient (Wildman–Crippen LogP) is 2.74. The van der Waals surface area contributed by atoms with Crippen LogP contribution in [0.15, 0.2) is 42.5 Å². The molecule has 8 nitrogen and oxygen atoms in total. The van der Waals surface area contributed by atoms with Gasteiger partial charge in [0, 0.05) is 11.8 Å². The van der Waals surface area contributed by atoms with Gasteiger partial charge in [0.2, 0.25) is 5.91 Å². The van der Waals surface area contributed by atoms with Crippen molar-refractivity contribution in [3.63, 3.8) is 0 Å². The van der Waals surface area contributed by atoms with Gasteiger partial charge in [-0.1, -0.05) is 12.1 Å². The van der Waals surface area contributed by atoms with Crippen LogP contribution >= 0.6 is 0 Å². The summed E-state index contributed by atoms with van der Waals surface area (Å²) in [6.45, 7) is 1.62. The van der Waals surface area contributed by atoms with E-state index in [1.807, 2.05) is 0 Å². The number of nitrogens with zero attached hydrogens (tertiary/aromatic N) is 1. The molecule has 0 radical (unpaired) electrons. The Morgan fingerprint density at radius 3 is 2.64 bits per heavy atom. The molecule has 2 aromatic rings. The quantitative estimate of drug-likeness (QED) is 0.474. The van der Waals surface area contributed by atoms with Crippen LogP contribution in [0.25, 0.3) is 0 Å². The number of rotatable bonds is 6. The molecule has 8 heteroatoms. The zero-order chi connectivity index (χ0) is 18.4. The zero-order valence-electron chi connectivity index (χ0n) is 13.7. The lowest BCUT2D eigenvalue weighted by molar-refractivity contribution is -0.384. The van der Waals surface area contributed by atoms with E-state index in [9.17, 15) is 19.7 Å². The Hall–Kier alpha value is -3.42. The number of nitro benzene ring substituents is 1. The molecule has 2 aromatic carbocycles. The Balaban J connectivity index is 2.02. The fraction of sp³-hybridized carbons (Fsp3) is 0.176. The SMILES string of the molecule is COC(=O)c1cccc(NCC(=O)Nc2ccc(C)cc2[N+](=O)[O-])c1. The van der Waals surface area contributed by atoms with Crippen molar-refractivity contribution in [1.82, 2.24) is 0 Å². The van der Waals surface area contributed by atoms with E-state index in [-0.39, 0.29) is 17.9 Å². The zero-order valence-corrected chi connectivity index (χ0v) is 13.7. The molecule has 130 valence electrons. The molecule has 0 aromatic heterocycles. The summed E-state index contributed by atoms with van der Waals surface area (Å²) in [5, 5.41) is 16.4. The molecule has 25 heavy (non-hydrogen) atoms. The standard InChI is InChI=1S/C17H17N3O5/c1-11-6-7-14(15(8-11)20(23)24)19-16(21)10-18-13-5-3-4-12(9-13)17(22)25-2/h3-9,18H,10H2,1-2H3,(H,19,21). The first kappa shape index (κ1) is 17.9. The third kappa shape index (κ3) is 4.77. The van der Waals surface area contributed by atoms with Crippen LogP contribution in [-0.4, -0.2) is 30.5 Å². The number of ether oxygens (including phenoxy) is 1. The maximum atomic E-state index is 12.0. The fourth-order valence-electron chi connectivity index (χ4n) is 2.15. The van der Waals surface area contributed by atoms with Crippen molar-refractivity contribution in [2.45, 2.75) is 6.92 Å². The molecule has 2 rings (SSSR count). The number of nitro groups is 1. The molecule has 0 saturated carbocycles. The molecule has 0 aliphatic carbocycles. The van der Waals surface area contributed by atoms with E-state index in [0.717, 1.165) is 5.56 Å². The molecule has 0 atom stereocenters. The lowest BCUT2D eigenvalue weighted by Gasteiger charge is -2.09. The highest BCUT2D eigenvalue weighted by Crippen LogP contribution is 2.25. The van der Waals surface area contributed by atoms with Crippen molar-refractivity contribution < 1.29 is 19.2 Å². The van der Waals surface area contributed by atoms with Gasteiger partial charge in [0.15, 0.2) is 0 Å².